The number of pyridine rings is 3. The lowest BCUT2D eigenvalue weighted by atomic mass is 10.1. The molecule has 3 aromatic rings. The maximum atomic E-state index is 12.5. The van der Waals surface area contributed by atoms with E-state index in [9.17, 15) is 4.39 Å². The highest BCUT2D eigenvalue weighted by molar-refractivity contribution is 5.27. The summed E-state index contributed by atoms with van der Waals surface area (Å²) in [7, 11) is 0. The fourth-order valence-electron chi connectivity index (χ4n) is 2.08. The highest BCUT2D eigenvalue weighted by atomic mass is 19.1. The highest BCUT2D eigenvalue weighted by Crippen LogP contribution is 2.12. The summed E-state index contributed by atoms with van der Waals surface area (Å²) in [5.74, 6) is 0.688. The molecule has 160 valence electrons. The predicted octanol–water partition coefficient (Wildman–Crippen LogP) is 6.84. The Morgan fingerprint density at radius 2 is 1.43 bits per heavy atom. The third-order valence-corrected chi connectivity index (χ3v) is 3.75. The molecule has 0 unspecified atom stereocenters. The van der Waals surface area contributed by atoms with Gasteiger partial charge in [0.25, 0.3) is 0 Å². The first-order chi connectivity index (χ1) is 14.3. The second kappa shape index (κ2) is 15.8. The average molecular weight is 409 g/mol. The van der Waals surface area contributed by atoms with Crippen LogP contribution >= 0.6 is 0 Å². The standard InChI is InChI=1S/C8H10FN.C8H11N.C7H6N2.C2H6/c1-6(2)7-3-8(9)5-10-4-7;1-7(2)8-4-3-5-9-6-8;1-6-2-7(3-8)5-9-4-6;1-2/h3-6H,1-2H3;3-7H,1-2H3;2,4-5H,1H3;1-2H3. The zero-order valence-corrected chi connectivity index (χ0v) is 19.1. The Hall–Kier alpha value is -3.13. The molecule has 0 aliphatic carbocycles. The van der Waals surface area contributed by atoms with Gasteiger partial charge >= 0.3 is 0 Å². The maximum absolute atomic E-state index is 12.5. The number of nitrogens with zero attached hydrogens (tertiary/aromatic N) is 4. The van der Waals surface area contributed by atoms with Crippen molar-refractivity contribution in [3.63, 3.8) is 0 Å². The van der Waals surface area contributed by atoms with Crippen LogP contribution in [-0.2, 0) is 0 Å². The Labute approximate surface area is 180 Å². The molecule has 5 heteroatoms. The smallest absolute Gasteiger partial charge is 0.141 e. The first kappa shape index (κ1) is 26.9. The molecule has 3 rings (SSSR count). The Morgan fingerprint density at radius 1 is 0.833 bits per heavy atom. The molecule has 0 spiro atoms. The van der Waals surface area contributed by atoms with Crippen LogP contribution in [0.25, 0.3) is 0 Å². The quantitative estimate of drug-likeness (QED) is 0.466. The van der Waals surface area contributed by atoms with E-state index in [1.165, 1.54) is 17.8 Å². The van der Waals surface area contributed by atoms with Crippen molar-refractivity contribution in [2.24, 2.45) is 0 Å². The minimum atomic E-state index is -0.258. The SMILES string of the molecule is CC.CC(C)c1cccnc1.CC(C)c1cncc(F)c1.Cc1cncc(C#N)c1. The van der Waals surface area contributed by atoms with Gasteiger partial charge < -0.3 is 0 Å². The number of hydrogen-bond donors (Lipinski definition) is 0. The number of aromatic nitrogens is 3. The topological polar surface area (TPSA) is 62.5 Å². The lowest BCUT2D eigenvalue weighted by Gasteiger charge is -2.02. The zero-order valence-electron chi connectivity index (χ0n) is 19.1. The van der Waals surface area contributed by atoms with Crippen LogP contribution in [0.3, 0.4) is 0 Å². The van der Waals surface area contributed by atoms with Crippen LogP contribution < -0.4 is 0 Å². The number of aryl methyl sites for hydroxylation is 1. The van der Waals surface area contributed by atoms with E-state index in [-0.39, 0.29) is 5.82 Å². The van der Waals surface area contributed by atoms with E-state index < -0.39 is 0 Å². The van der Waals surface area contributed by atoms with Gasteiger partial charge in [-0.1, -0.05) is 47.6 Å². The Balaban J connectivity index is 0.000000404. The molecule has 4 nitrogen and oxygen atoms in total. The van der Waals surface area contributed by atoms with Crippen molar-refractivity contribution in [2.75, 3.05) is 0 Å². The molecule has 0 N–H and O–H groups in total. The Kier molecular flexibility index (Phi) is 14.1. The zero-order chi connectivity index (χ0) is 22.9. The summed E-state index contributed by atoms with van der Waals surface area (Å²) < 4.78 is 12.5. The molecular weight excluding hydrogens is 375 g/mol. The predicted molar refractivity (Wildman–Crippen MR) is 122 cm³/mol. The van der Waals surface area contributed by atoms with E-state index in [0.717, 1.165) is 11.1 Å². The van der Waals surface area contributed by atoms with Crippen LogP contribution in [0.2, 0.25) is 0 Å². The molecule has 0 saturated heterocycles. The van der Waals surface area contributed by atoms with E-state index in [1.54, 1.807) is 30.9 Å². The van der Waals surface area contributed by atoms with Crippen LogP contribution in [0.5, 0.6) is 0 Å². The van der Waals surface area contributed by atoms with Crippen LogP contribution in [-0.4, -0.2) is 15.0 Å². The van der Waals surface area contributed by atoms with Gasteiger partial charge in [-0.05, 0) is 53.6 Å². The minimum absolute atomic E-state index is 0.258. The fraction of sp³-hybridized carbons (Fsp3) is 0.360. The molecule has 0 amide bonds. The van der Waals surface area contributed by atoms with Crippen LogP contribution in [0.4, 0.5) is 4.39 Å². The van der Waals surface area contributed by atoms with Gasteiger partial charge in [0.05, 0.1) is 11.8 Å². The van der Waals surface area contributed by atoms with Crippen LogP contribution in [0.1, 0.15) is 75.6 Å². The summed E-state index contributed by atoms with van der Waals surface area (Å²) in [4.78, 5) is 11.6. The molecule has 0 bridgehead atoms. The normalized spacial score (nSPS) is 9.23. The van der Waals surface area contributed by atoms with Gasteiger partial charge in [0.2, 0.25) is 0 Å². The first-order valence-electron chi connectivity index (χ1n) is 10.2. The van der Waals surface area contributed by atoms with Gasteiger partial charge in [0.15, 0.2) is 0 Å². The molecule has 30 heavy (non-hydrogen) atoms. The summed E-state index contributed by atoms with van der Waals surface area (Å²) in [6.07, 6.45) is 9.88. The van der Waals surface area contributed by atoms with E-state index in [2.05, 4.69) is 34.9 Å². The molecule has 3 aromatic heterocycles. The van der Waals surface area contributed by atoms with Crippen molar-refractivity contribution in [3.8, 4) is 6.07 Å². The van der Waals surface area contributed by atoms with Gasteiger partial charge in [0, 0.05) is 31.0 Å². The van der Waals surface area contributed by atoms with Gasteiger partial charge in [-0.2, -0.15) is 5.26 Å². The van der Waals surface area contributed by atoms with E-state index >= 15 is 0 Å². The van der Waals surface area contributed by atoms with E-state index in [4.69, 9.17) is 5.26 Å². The molecule has 0 aromatic carbocycles. The molecule has 0 aliphatic heterocycles. The van der Waals surface area contributed by atoms with Gasteiger partial charge in [-0.15, -0.1) is 0 Å². The van der Waals surface area contributed by atoms with Gasteiger partial charge in [-0.3, -0.25) is 15.0 Å². The summed E-state index contributed by atoms with van der Waals surface area (Å²) in [6.45, 7) is 14.3. The second-order valence-corrected chi connectivity index (χ2v) is 6.90. The fourth-order valence-corrected chi connectivity index (χ4v) is 2.08. The Bertz CT molecular complexity index is 872. The van der Waals surface area contributed by atoms with E-state index in [1.807, 2.05) is 53.0 Å². The monoisotopic (exact) mass is 408 g/mol. The average Bonchev–Trinajstić information content (AvgIpc) is 2.76. The summed E-state index contributed by atoms with van der Waals surface area (Å²) in [6, 6.07) is 9.38. The van der Waals surface area contributed by atoms with Crippen molar-refractivity contribution in [2.45, 2.75) is 60.3 Å². The summed E-state index contributed by atoms with van der Waals surface area (Å²) >= 11 is 0. The van der Waals surface area contributed by atoms with Gasteiger partial charge in [0.1, 0.15) is 11.9 Å². The van der Waals surface area contributed by atoms with Crippen LogP contribution in [0, 0.1) is 24.1 Å². The lowest BCUT2D eigenvalue weighted by molar-refractivity contribution is 0.616. The molecule has 0 atom stereocenters. The largest absolute Gasteiger partial charge is 0.264 e. The summed E-state index contributed by atoms with van der Waals surface area (Å²) in [5.41, 5.74) is 3.89. The maximum Gasteiger partial charge on any atom is 0.141 e. The molecule has 3 heterocycles. The number of hydrogen-bond acceptors (Lipinski definition) is 4. The number of nitriles is 1. The molecular formula is C25H33FN4. The minimum Gasteiger partial charge on any atom is -0.264 e. The number of halogens is 1. The van der Waals surface area contributed by atoms with Crippen molar-refractivity contribution < 1.29 is 4.39 Å². The third-order valence-electron chi connectivity index (χ3n) is 3.75. The summed E-state index contributed by atoms with van der Waals surface area (Å²) in [5, 5.41) is 8.37. The van der Waals surface area contributed by atoms with Crippen molar-refractivity contribution in [1.82, 2.24) is 15.0 Å². The van der Waals surface area contributed by atoms with Gasteiger partial charge in [-0.25, -0.2) is 4.39 Å². The molecule has 0 radical (unpaired) electrons. The number of rotatable bonds is 2. The first-order valence-corrected chi connectivity index (χ1v) is 10.2. The Morgan fingerprint density at radius 3 is 1.80 bits per heavy atom. The van der Waals surface area contributed by atoms with Crippen molar-refractivity contribution >= 4 is 0 Å². The molecule has 0 saturated carbocycles. The molecule has 0 aliphatic rings. The highest BCUT2D eigenvalue weighted by Gasteiger charge is 1.99. The van der Waals surface area contributed by atoms with Crippen LogP contribution in [0.15, 0.2) is 61.4 Å². The van der Waals surface area contributed by atoms with Crippen molar-refractivity contribution in [3.05, 3.63) is 89.5 Å². The second-order valence-electron chi connectivity index (χ2n) is 6.90. The van der Waals surface area contributed by atoms with E-state index in [0.29, 0.717) is 17.4 Å². The third kappa shape index (κ3) is 11.7. The lowest BCUT2D eigenvalue weighted by Crippen LogP contribution is -1.89. The molecule has 0 fully saturated rings. The van der Waals surface area contributed by atoms with Crippen molar-refractivity contribution in [1.29, 1.82) is 5.26 Å².